The highest BCUT2D eigenvalue weighted by Crippen LogP contribution is 2.43. The van der Waals surface area contributed by atoms with Crippen LogP contribution in [0.2, 0.25) is 0 Å². The molecule has 2 aromatic rings. The molecule has 2 aliphatic heterocycles. The molecule has 2 aromatic carbocycles. The number of alkyl halides is 3. The minimum Gasteiger partial charge on any atom is -0.385 e. The van der Waals surface area contributed by atoms with E-state index in [1.807, 2.05) is 18.2 Å². The number of likely N-dealkylation sites (tertiary alicyclic amines) is 1. The Morgan fingerprint density at radius 2 is 1.73 bits per heavy atom. The summed E-state index contributed by atoms with van der Waals surface area (Å²) in [5.41, 5.74) is 0.129. The fraction of sp³-hybridized carbons (Fsp3) is 0.533. The predicted molar refractivity (Wildman–Crippen MR) is 148 cm³/mol. The maximum atomic E-state index is 12.9. The molecule has 8 nitrogen and oxygen atoms in total. The highest BCUT2D eigenvalue weighted by Gasteiger charge is 2.40. The molecule has 2 amide bonds. The number of hydrogen-bond acceptors (Lipinski definition) is 6. The van der Waals surface area contributed by atoms with Gasteiger partial charge >= 0.3 is 6.18 Å². The lowest BCUT2D eigenvalue weighted by Crippen LogP contribution is -2.46. The molecule has 2 heterocycles. The van der Waals surface area contributed by atoms with Crippen LogP contribution in [0, 0.1) is 0 Å². The summed E-state index contributed by atoms with van der Waals surface area (Å²) in [6.07, 6.45) is -0.758. The van der Waals surface area contributed by atoms with Crippen LogP contribution in [0.3, 0.4) is 0 Å². The number of benzene rings is 2. The van der Waals surface area contributed by atoms with Gasteiger partial charge in [0.05, 0.1) is 30.9 Å². The fourth-order valence-corrected chi connectivity index (χ4v) is 6.28. The molecule has 5 rings (SSSR count). The number of para-hydroxylation sites is 1. The van der Waals surface area contributed by atoms with Crippen LogP contribution >= 0.6 is 0 Å². The molecule has 41 heavy (non-hydrogen) atoms. The topological polar surface area (TPSA) is 94.1 Å². The third kappa shape index (κ3) is 7.02. The first-order valence-electron chi connectivity index (χ1n) is 14.3. The van der Waals surface area contributed by atoms with E-state index >= 15 is 0 Å². The third-order valence-electron chi connectivity index (χ3n) is 8.50. The number of halogens is 3. The number of anilines is 1. The van der Waals surface area contributed by atoms with Crippen LogP contribution in [0.25, 0.3) is 0 Å². The summed E-state index contributed by atoms with van der Waals surface area (Å²) < 4.78 is 44.3. The van der Waals surface area contributed by atoms with E-state index in [-0.39, 0.29) is 24.1 Å². The summed E-state index contributed by atoms with van der Waals surface area (Å²) in [5, 5.41) is 17.0. The van der Waals surface area contributed by atoms with Crippen LogP contribution in [0.1, 0.15) is 53.6 Å². The Hall–Kier alpha value is -3.15. The molecule has 11 heteroatoms. The summed E-state index contributed by atoms with van der Waals surface area (Å²) in [5.74, 6) is -1.11. The summed E-state index contributed by atoms with van der Waals surface area (Å²) in [4.78, 5) is 29.4. The maximum Gasteiger partial charge on any atom is 0.416 e. The second kappa shape index (κ2) is 12.4. The summed E-state index contributed by atoms with van der Waals surface area (Å²) in [7, 11) is 0. The second-order valence-corrected chi connectivity index (χ2v) is 11.2. The third-order valence-corrected chi connectivity index (χ3v) is 8.50. The molecule has 0 unspecified atom stereocenters. The van der Waals surface area contributed by atoms with E-state index < -0.39 is 23.2 Å². The summed E-state index contributed by atoms with van der Waals surface area (Å²) >= 11 is 0. The van der Waals surface area contributed by atoms with E-state index in [2.05, 4.69) is 26.5 Å². The number of morpholine rings is 1. The van der Waals surface area contributed by atoms with Crippen molar-refractivity contribution in [3.05, 3.63) is 65.2 Å². The van der Waals surface area contributed by atoms with Crippen molar-refractivity contribution in [2.75, 3.05) is 50.8 Å². The zero-order valence-electron chi connectivity index (χ0n) is 23.0. The first-order valence-corrected chi connectivity index (χ1v) is 14.3. The Kier molecular flexibility index (Phi) is 8.86. The molecular weight excluding hydrogens is 537 g/mol. The Bertz CT molecular complexity index is 1230. The van der Waals surface area contributed by atoms with Gasteiger partial charge in [0.15, 0.2) is 0 Å². The van der Waals surface area contributed by atoms with Gasteiger partial charge in [-0.2, -0.15) is 13.2 Å². The Balaban J connectivity index is 1.09. The molecule has 3 N–H and O–H groups in total. The van der Waals surface area contributed by atoms with Crippen LogP contribution in [0.5, 0.6) is 0 Å². The SMILES string of the molecule is O=C(CNC(=O)c1cccc(C(F)(F)F)c1)N[C@@H]1CCN(C2CCC(O)(c3ccccc3N3CCOCC3)CC2)C1. The molecule has 0 bridgehead atoms. The number of hydrogen-bond donors (Lipinski definition) is 3. The van der Waals surface area contributed by atoms with Gasteiger partial charge in [-0.3, -0.25) is 14.5 Å². The molecule has 1 saturated carbocycles. The lowest BCUT2D eigenvalue weighted by Gasteiger charge is -2.42. The van der Waals surface area contributed by atoms with E-state index in [0.717, 1.165) is 62.3 Å². The van der Waals surface area contributed by atoms with E-state index in [9.17, 15) is 27.9 Å². The van der Waals surface area contributed by atoms with Gasteiger partial charge in [-0.25, -0.2) is 0 Å². The number of amides is 2. The van der Waals surface area contributed by atoms with Crippen LogP contribution in [0.15, 0.2) is 48.5 Å². The lowest BCUT2D eigenvalue weighted by atomic mass is 9.76. The second-order valence-electron chi connectivity index (χ2n) is 11.2. The van der Waals surface area contributed by atoms with Gasteiger partial charge in [-0.15, -0.1) is 0 Å². The molecule has 0 radical (unpaired) electrons. The Morgan fingerprint density at radius 1 is 1.00 bits per heavy atom. The van der Waals surface area contributed by atoms with Crippen molar-refractivity contribution < 1.29 is 32.6 Å². The molecule has 1 aliphatic carbocycles. The largest absolute Gasteiger partial charge is 0.416 e. The van der Waals surface area contributed by atoms with E-state index in [4.69, 9.17) is 4.74 Å². The number of aliphatic hydroxyl groups is 1. The zero-order chi connectivity index (χ0) is 29.0. The van der Waals surface area contributed by atoms with Crippen LogP contribution in [-0.4, -0.2) is 79.8 Å². The Labute approximate surface area is 237 Å². The zero-order valence-corrected chi connectivity index (χ0v) is 23.0. The minimum atomic E-state index is -4.55. The smallest absolute Gasteiger partial charge is 0.385 e. The van der Waals surface area contributed by atoms with Crippen LogP contribution < -0.4 is 15.5 Å². The van der Waals surface area contributed by atoms with E-state index in [1.54, 1.807) is 0 Å². The molecule has 3 aliphatic rings. The standard InChI is InChI=1S/C30H37F3N4O4/c31-30(32,33)22-5-3-4-21(18-22)28(39)34-19-27(38)35-23-10-13-37(20-23)24-8-11-29(40,12-9-24)25-6-1-2-7-26(25)36-14-16-41-17-15-36/h1-7,18,23-24,40H,8-17,19-20H2,(H,34,39)(H,35,38)/t23-,24?,29?/m1/s1. The summed E-state index contributed by atoms with van der Waals surface area (Å²) in [6.45, 7) is 4.19. The highest BCUT2D eigenvalue weighted by molar-refractivity contribution is 5.96. The van der Waals surface area contributed by atoms with E-state index in [0.29, 0.717) is 38.6 Å². The first-order chi connectivity index (χ1) is 19.6. The minimum absolute atomic E-state index is 0.0733. The number of nitrogens with one attached hydrogen (secondary N) is 2. The molecule has 1 atom stereocenters. The van der Waals surface area contributed by atoms with Crippen molar-refractivity contribution in [1.82, 2.24) is 15.5 Å². The number of carbonyl (C=O) groups is 2. The lowest BCUT2D eigenvalue weighted by molar-refractivity contribution is -0.137. The van der Waals surface area contributed by atoms with Gasteiger partial charge in [0, 0.05) is 55.1 Å². The van der Waals surface area contributed by atoms with Crippen molar-refractivity contribution in [2.24, 2.45) is 0 Å². The average Bonchev–Trinajstić information content (AvgIpc) is 3.44. The number of carbonyl (C=O) groups excluding carboxylic acids is 2. The van der Waals surface area contributed by atoms with Crippen molar-refractivity contribution in [1.29, 1.82) is 0 Å². The number of ether oxygens (including phenoxy) is 1. The van der Waals surface area contributed by atoms with Crippen molar-refractivity contribution in [3.8, 4) is 0 Å². The Morgan fingerprint density at radius 3 is 2.46 bits per heavy atom. The molecular formula is C30H37F3N4O4. The highest BCUT2D eigenvalue weighted by atomic mass is 19.4. The predicted octanol–water partition coefficient (Wildman–Crippen LogP) is 3.29. The van der Waals surface area contributed by atoms with Crippen molar-refractivity contribution >= 4 is 17.5 Å². The van der Waals surface area contributed by atoms with Gasteiger partial charge < -0.3 is 25.4 Å². The average molecular weight is 575 g/mol. The molecule has 0 aromatic heterocycles. The van der Waals surface area contributed by atoms with Gasteiger partial charge in [0.25, 0.3) is 5.91 Å². The first kappa shape index (κ1) is 29.3. The molecule has 0 spiro atoms. The van der Waals surface area contributed by atoms with Crippen LogP contribution in [0.4, 0.5) is 18.9 Å². The van der Waals surface area contributed by atoms with Crippen LogP contribution in [-0.2, 0) is 21.3 Å². The van der Waals surface area contributed by atoms with Crippen molar-refractivity contribution in [2.45, 2.75) is 56.0 Å². The normalized spacial score (nSPS) is 25.6. The van der Waals surface area contributed by atoms with Gasteiger partial charge in [0.1, 0.15) is 0 Å². The molecule has 2 saturated heterocycles. The maximum absolute atomic E-state index is 12.9. The van der Waals surface area contributed by atoms with Gasteiger partial charge in [0.2, 0.25) is 5.91 Å². The van der Waals surface area contributed by atoms with E-state index in [1.165, 1.54) is 12.1 Å². The van der Waals surface area contributed by atoms with Gasteiger partial charge in [-0.05, 0) is 56.4 Å². The molecule has 222 valence electrons. The number of rotatable bonds is 7. The summed E-state index contributed by atoms with van der Waals surface area (Å²) in [6, 6.07) is 12.5. The fourth-order valence-electron chi connectivity index (χ4n) is 6.28. The van der Waals surface area contributed by atoms with Crippen molar-refractivity contribution in [3.63, 3.8) is 0 Å². The molecule has 3 fully saturated rings. The monoisotopic (exact) mass is 574 g/mol. The van der Waals surface area contributed by atoms with Gasteiger partial charge in [-0.1, -0.05) is 24.3 Å². The number of nitrogens with zero attached hydrogens (tertiary/aromatic N) is 2. The quantitative estimate of drug-likeness (QED) is 0.470.